The van der Waals surface area contributed by atoms with Gasteiger partial charge in [0.05, 0.1) is 20.4 Å². The van der Waals surface area contributed by atoms with E-state index in [9.17, 15) is 9.59 Å². The molecule has 0 radical (unpaired) electrons. The summed E-state index contributed by atoms with van der Waals surface area (Å²) in [4.78, 5) is 31.5. The highest BCUT2D eigenvalue weighted by Crippen LogP contribution is 2.51. The number of nitrogens with one attached hydrogen (secondary N) is 1. The van der Waals surface area contributed by atoms with E-state index >= 15 is 0 Å². The fourth-order valence-electron chi connectivity index (χ4n) is 8.49. The number of Topliss-reactive ketones (excluding diaryl/α,β-unsaturated/α-hetero) is 1. The predicted molar refractivity (Wildman–Crippen MR) is 188 cm³/mol. The van der Waals surface area contributed by atoms with Crippen LogP contribution in [-0.2, 0) is 18.4 Å². The smallest absolute Gasteiger partial charge is 0.412 e. The van der Waals surface area contributed by atoms with Crippen molar-refractivity contribution in [1.82, 2.24) is 15.1 Å². The quantitative estimate of drug-likeness (QED) is 0.326. The lowest BCUT2D eigenvalue weighted by molar-refractivity contribution is 0.0895. The normalized spacial score (nSPS) is 23.5. The number of likely N-dealkylation sites (tertiary alicyclic amines) is 2. The van der Waals surface area contributed by atoms with E-state index in [1.807, 2.05) is 30.3 Å². The number of ketones is 1. The number of anilines is 1. The van der Waals surface area contributed by atoms with Crippen LogP contribution in [0.5, 0.6) is 17.2 Å². The van der Waals surface area contributed by atoms with Crippen molar-refractivity contribution in [3.05, 3.63) is 82.9 Å². The average Bonchev–Trinajstić information content (AvgIpc) is 3.66. The number of ether oxygens (including phenoxy) is 3. The van der Waals surface area contributed by atoms with Crippen molar-refractivity contribution >= 4 is 17.6 Å². The second-order valence-corrected chi connectivity index (χ2v) is 14.0. The van der Waals surface area contributed by atoms with Gasteiger partial charge in [-0.15, -0.1) is 0 Å². The first-order chi connectivity index (χ1) is 23.1. The number of nitrogens with zero attached hydrogens (tertiary/aromatic N) is 3. The Labute approximate surface area is 285 Å². The summed E-state index contributed by atoms with van der Waals surface area (Å²) in [6.45, 7) is 6.66. The van der Waals surface area contributed by atoms with Gasteiger partial charge in [0.15, 0.2) is 17.3 Å². The van der Waals surface area contributed by atoms with Gasteiger partial charge in [-0.3, -0.25) is 14.6 Å². The summed E-state index contributed by atoms with van der Waals surface area (Å²) < 4.78 is 16.0. The largest absolute Gasteiger partial charge is 0.493 e. The van der Waals surface area contributed by atoms with Gasteiger partial charge in [0.25, 0.3) is 0 Å². The summed E-state index contributed by atoms with van der Waals surface area (Å²) >= 11 is 0. The molecule has 1 amide bonds. The molecular formula is C39H50N4O5. The van der Waals surface area contributed by atoms with Gasteiger partial charge in [-0.25, -0.2) is 4.79 Å². The first-order valence-corrected chi connectivity index (χ1v) is 17.2. The predicted octanol–water partition coefficient (Wildman–Crippen LogP) is 6.14. The number of carbonyl (C=O) groups excluding carboxylic acids is 2. The van der Waals surface area contributed by atoms with Gasteiger partial charge in [-0.05, 0) is 105 Å². The molecule has 256 valence electrons. The molecule has 0 spiro atoms. The van der Waals surface area contributed by atoms with Gasteiger partial charge in [-0.2, -0.15) is 0 Å². The zero-order chi connectivity index (χ0) is 34.0. The highest BCUT2D eigenvalue weighted by atomic mass is 16.6. The van der Waals surface area contributed by atoms with Crippen molar-refractivity contribution in [3.63, 3.8) is 0 Å². The van der Waals surface area contributed by atoms with E-state index in [4.69, 9.17) is 14.2 Å². The number of methoxy groups -OCH3 is 2. The zero-order valence-electron chi connectivity index (χ0n) is 29.3. The molecule has 4 aliphatic rings. The van der Waals surface area contributed by atoms with Gasteiger partial charge >= 0.3 is 6.09 Å². The van der Waals surface area contributed by atoms with E-state index in [0.29, 0.717) is 29.3 Å². The third kappa shape index (κ3) is 6.63. The summed E-state index contributed by atoms with van der Waals surface area (Å²) in [5.41, 5.74) is 5.91. The lowest BCUT2D eigenvalue weighted by Gasteiger charge is -2.32. The van der Waals surface area contributed by atoms with Crippen LogP contribution in [0, 0.1) is 11.8 Å². The van der Waals surface area contributed by atoms with Crippen molar-refractivity contribution in [2.45, 2.75) is 57.2 Å². The van der Waals surface area contributed by atoms with E-state index < -0.39 is 6.09 Å². The van der Waals surface area contributed by atoms with Crippen LogP contribution < -0.4 is 24.4 Å². The molecule has 9 nitrogen and oxygen atoms in total. The molecule has 9 heteroatoms. The Morgan fingerprint density at radius 1 is 0.958 bits per heavy atom. The number of rotatable bonds is 7. The summed E-state index contributed by atoms with van der Waals surface area (Å²) in [6, 6.07) is 20.4. The number of hydrogen-bond acceptors (Lipinski definition) is 8. The van der Waals surface area contributed by atoms with Crippen molar-refractivity contribution in [3.8, 4) is 17.2 Å². The number of likely N-dealkylation sites (N-methyl/N-ethyl adjacent to an activating group) is 2. The third-order valence-corrected chi connectivity index (χ3v) is 11.0. The molecule has 3 aromatic rings. The Morgan fingerprint density at radius 3 is 2.35 bits per heavy atom. The van der Waals surface area contributed by atoms with Gasteiger partial charge in [0, 0.05) is 49.8 Å². The molecular weight excluding hydrogens is 604 g/mol. The van der Waals surface area contributed by atoms with Crippen molar-refractivity contribution < 1.29 is 23.8 Å². The third-order valence-electron chi connectivity index (χ3n) is 11.0. The summed E-state index contributed by atoms with van der Waals surface area (Å²) in [5.74, 6) is 2.99. The van der Waals surface area contributed by atoms with Crippen LogP contribution in [0.3, 0.4) is 0 Å². The van der Waals surface area contributed by atoms with Crippen molar-refractivity contribution in [2.24, 2.45) is 11.8 Å². The van der Waals surface area contributed by atoms with Gasteiger partial charge < -0.3 is 24.4 Å². The Kier molecular flexibility index (Phi) is 9.99. The van der Waals surface area contributed by atoms with Crippen LogP contribution in [0.25, 0.3) is 0 Å². The first kappa shape index (κ1) is 33.8. The number of carbonyl (C=O) groups is 2. The van der Waals surface area contributed by atoms with E-state index in [1.54, 1.807) is 21.3 Å². The minimum absolute atomic E-state index is 0.0981. The number of hydrogen-bond donors (Lipinski definition) is 1. The van der Waals surface area contributed by atoms with Crippen LogP contribution in [0.1, 0.15) is 59.7 Å². The number of benzene rings is 3. The molecule has 0 bridgehead atoms. The van der Waals surface area contributed by atoms with E-state index in [2.05, 4.69) is 71.4 Å². The maximum absolute atomic E-state index is 12.9. The molecule has 2 saturated heterocycles. The molecule has 48 heavy (non-hydrogen) atoms. The van der Waals surface area contributed by atoms with Crippen molar-refractivity contribution in [1.29, 1.82) is 0 Å². The lowest BCUT2D eigenvalue weighted by atomic mass is 9.81. The monoisotopic (exact) mass is 654 g/mol. The highest BCUT2D eigenvalue weighted by molar-refractivity contribution is 6.03. The Morgan fingerprint density at radius 2 is 1.67 bits per heavy atom. The van der Waals surface area contributed by atoms with Crippen LogP contribution >= 0.6 is 0 Å². The van der Waals surface area contributed by atoms with E-state index in [1.165, 1.54) is 29.7 Å². The Balaban J connectivity index is 0.000000177. The van der Waals surface area contributed by atoms with Gasteiger partial charge in [0.2, 0.25) is 0 Å². The van der Waals surface area contributed by atoms with Crippen LogP contribution in [0.15, 0.2) is 60.7 Å². The maximum Gasteiger partial charge on any atom is 0.412 e. The van der Waals surface area contributed by atoms with E-state index in [0.717, 1.165) is 56.6 Å². The molecule has 3 aromatic carbocycles. The fraction of sp³-hybridized carbons (Fsp3) is 0.487. The standard InChI is InChI=1S/C24H29NO3.C15H21N3O2/c1-27-22-14-19-13-20(24(26)21(19)15-23(22)28-2)12-17-8-10-25(11-9-17)16-18-6-4-3-5-7-18;1-15-7-8-17(3)13(15)18(4)12-6-5-10(9-11(12)15)20-14(19)16-2/h3-7,14-15,17,20H,8-13,16H2,1-2H3;5-6,9,13H,7-8H2,1-4H3,(H,16,19)/t;13-,15+/m.1/s1. The SMILES string of the molecule is CNC(=O)Oc1ccc2c(c1)[C@]1(C)CCN(C)[C@@H]1N2C.COc1cc2c(cc1OC)C(=O)C(CC1CCN(Cc3ccccc3)CC1)C2. The van der Waals surface area contributed by atoms with E-state index in [-0.39, 0.29) is 17.1 Å². The molecule has 7 rings (SSSR count). The van der Waals surface area contributed by atoms with Crippen molar-refractivity contribution in [2.75, 3.05) is 59.9 Å². The van der Waals surface area contributed by atoms with Crippen LogP contribution in [0.4, 0.5) is 10.5 Å². The Bertz CT molecular complexity index is 1620. The second-order valence-electron chi connectivity index (χ2n) is 14.0. The zero-order valence-corrected chi connectivity index (χ0v) is 29.3. The number of piperidine rings is 1. The number of fused-ring (bicyclic) bond motifs is 4. The summed E-state index contributed by atoms with van der Waals surface area (Å²) in [5, 5.41) is 2.47. The first-order valence-electron chi connectivity index (χ1n) is 17.2. The molecule has 3 heterocycles. The molecule has 3 aliphatic heterocycles. The second kappa shape index (κ2) is 14.2. The molecule has 1 N–H and O–H groups in total. The molecule has 3 atom stereocenters. The molecule has 1 aliphatic carbocycles. The molecule has 0 aromatic heterocycles. The maximum atomic E-state index is 12.9. The summed E-state index contributed by atoms with van der Waals surface area (Å²) in [7, 11) is 9.12. The van der Waals surface area contributed by atoms with Gasteiger partial charge in [0.1, 0.15) is 5.75 Å². The topological polar surface area (TPSA) is 83.6 Å². The minimum Gasteiger partial charge on any atom is -0.493 e. The van der Waals surface area contributed by atoms with Crippen LogP contribution in [0.2, 0.25) is 0 Å². The molecule has 1 unspecified atom stereocenters. The minimum atomic E-state index is -0.429. The lowest BCUT2D eigenvalue weighted by Crippen LogP contribution is -2.45. The number of amides is 1. The highest BCUT2D eigenvalue weighted by Gasteiger charge is 2.52. The fourth-order valence-corrected chi connectivity index (χ4v) is 8.49. The molecule has 0 saturated carbocycles. The van der Waals surface area contributed by atoms with Gasteiger partial charge in [-0.1, -0.05) is 37.3 Å². The average molecular weight is 655 g/mol. The van der Waals surface area contributed by atoms with Crippen LogP contribution in [-0.4, -0.2) is 82.8 Å². The summed E-state index contributed by atoms with van der Waals surface area (Å²) in [6.07, 6.45) is 5.26. The Hall–Kier alpha value is -4.08. The molecule has 2 fully saturated rings.